The summed E-state index contributed by atoms with van der Waals surface area (Å²) in [6.07, 6.45) is 8.65. The summed E-state index contributed by atoms with van der Waals surface area (Å²) in [5, 5.41) is 7.71. The number of piperidine rings is 1. The van der Waals surface area contributed by atoms with Gasteiger partial charge in [0.15, 0.2) is 5.69 Å². The third-order valence-corrected chi connectivity index (χ3v) is 3.53. The smallest absolute Gasteiger partial charge is 0.368 e. The van der Waals surface area contributed by atoms with E-state index in [4.69, 9.17) is 5.90 Å². The van der Waals surface area contributed by atoms with Crippen LogP contribution in [0, 0.1) is 0 Å². The van der Waals surface area contributed by atoms with E-state index in [1.54, 1.807) is 12.4 Å². The maximum atomic E-state index is 11.4. The monoisotopic (exact) mass is 288 g/mol. The van der Waals surface area contributed by atoms with E-state index < -0.39 is 5.97 Å². The molecule has 0 amide bonds. The van der Waals surface area contributed by atoms with E-state index >= 15 is 0 Å². The Morgan fingerprint density at radius 2 is 2.14 bits per heavy atom. The van der Waals surface area contributed by atoms with Crippen LogP contribution in [0.2, 0.25) is 0 Å². The Morgan fingerprint density at radius 3 is 2.90 bits per heavy atom. The van der Waals surface area contributed by atoms with Gasteiger partial charge in [-0.25, -0.2) is 9.78 Å². The minimum absolute atomic E-state index is 0.0737. The van der Waals surface area contributed by atoms with Crippen LogP contribution in [0.3, 0.4) is 0 Å². The summed E-state index contributed by atoms with van der Waals surface area (Å²) in [5.41, 5.74) is 1.45. The highest BCUT2D eigenvalue weighted by atomic mass is 16.7. The van der Waals surface area contributed by atoms with Crippen molar-refractivity contribution in [2.45, 2.75) is 18.9 Å². The van der Waals surface area contributed by atoms with Gasteiger partial charge in [-0.05, 0) is 25.9 Å². The minimum Gasteiger partial charge on any atom is -0.368 e. The molecule has 0 atom stereocenters. The maximum absolute atomic E-state index is 11.4. The third-order valence-electron chi connectivity index (χ3n) is 3.53. The molecule has 2 aromatic rings. The third kappa shape index (κ3) is 2.91. The highest BCUT2D eigenvalue weighted by Crippen LogP contribution is 2.22. The van der Waals surface area contributed by atoms with Crippen molar-refractivity contribution >= 4 is 5.97 Å². The first-order valence-corrected chi connectivity index (χ1v) is 6.76. The van der Waals surface area contributed by atoms with Crippen LogP contribution >= 0.6 is 0 Å². The normalized spacial score (nSPS) is 15.9. The summed E-state index contributed by atoms with van der Waals surface area (Å²) in [7, 11) is 0. The zero-order valence-corrected chi connectivity index (χ0v) is 11.4. The van der Waals surface area contributed by atoms with Gasteiger partial charge in [-0.1, -0.05) is 0 Å². The molecule has 0 saturated carbocycles. The number of nitrogens with one attached hydrogen (secondary N) is 1. The molecule has 2 aromatic heterocycles. The average molecular weight is 288 g/mol. The Bertz CT molecular complexity index is 635. The lowest BCUT2D eigenvalue weighted by Crippen LogP contribution is -2.29. The zero-order chi connectivity index (χ0) is 14.7. The van der Waals surface area contributed by atoms with Crippen LogP contribution in [0.4, 0.5) is 0 Å². The lowest BCUT2D eigenvalue weighted by molar-refractivity contribution is 0.0496. The molecule has 1 aliphatic heterocycles. The van der Waals surface area contributed by atoms with E-state index in [1.165, 1.54) is 6.20 Å². The maximum Gasteiger partial charge on any atom is 0.377 e. The van der Waals surface area contributed by atoms with Gasteiger partial charge < -0.3 is 10.2 Å². The fourth-order valence-electron chi connectivity index (χ4n) is 2.41. The molecule has 0 aliphatic carbocycles. The van der Waals surface area contributed by atoms with Crippen molar-refractivity contribution in [3.63, 3.8) is 0 Å². The number of hydrogen-bond acceptors (Lipinski definition) is 7. The summed E-state index contributed by atoms with van der Waals surface area (Å²) < 4.78 is 1.95. The van der Waals surface area contributed by atoms with E-state index in [0.29, 0.717) is 11.7 Å². The van der Waals surface area contributed by atoms with Crippen LogP contribution in [0.1, 0.15) is 29.4 Å². The number of nitrogens with zero attached hydrogens (tertiary/aromatic N) is 4. The lowest BCUT2D eigenvalue weighted by Gasteiger charge is -2.22. The van der Waals surface area contributed by atoms with Crippen LogP contribution in [0.25, 0.3) is 11.3 Å². The largest absolute Gasteiger partial charge is 0.377 e. The Morgan fingerprint density at radius 1 is 1.33 bits per heavy atom. The van der Waals surface area contributed by atoms with Crippen molar-refractivity contribution in [1.82, 2.24) is 25.1 Å². The molecular weight excluding hydrogens is 272 g/mol. The van der Waals surface area contributed by atoms with Crippen LogP contribution in [-0.2, 0) is 4.84 Å². The van der Waals surface area contributed by atoms with Crippen LogP contribution in [0.15, 0.2) is 24.8 Å². The molecule has 8 heteroatoms. The van der Waals surface area contributed by atoms with E-state index in [1.807, 2.05) is 10.9 Å². The molecule has 1 aliphatic rings. The molecule has 1 saturated heterocycles. The number of nitrogens with two attached hydrogens (primary N) is 1. The van der Waals surface area contributed by atoms with Gasteiger partial charge in [0.2, 0.25) is 0 Å². The summed E-state index contributed by atoms with van der Waals surface area (Å²) in [4.78, 5) is 23.7. The predicted octanol–water partition coefficient (Wildman–Crippen LogP) is 0.295. The molecule has 0 unspecified atom stereocenters. The Labute approximate surface area is 121 Å². The van der Waals surface area contributed by atoms with E-state index in [0.717, 1.165) is 31.5 Å². The molecule has 8 nitrogen and oxygen atoms in total. The number of aromatic nitrogens is 4. The molecule has 3 N–H and O–H groups in total. The van der Waals surface area contributed by atoms with Gasteiger partial charge in [-0.2, -0.15) is 11.0 Å². The minimum atomic E-state index is -0.713. The SMILES string of the molecule is NOC(=O)c1cncc(-c2cnn(C3CCNCC3)c2)n1. The van der Waals surface area contributed by atoms with Crippen molar-refractivity contribution in [2.75, 3.05) is 13.1 Å². The first-order chi connectivity index (χ1) is 10.3. The molecule has 21 heavy (non-hydrogen) atoms. The molecule has 110 valence electrons. The molecular formula is C13H16N6O2. The zero-order valence-electron chi connectivity index (χ0n) is 11.4. The fraction of sp³-hybridized carbons (Fsp3) is 0.385. The number of carbonyl (C=O) groups is 1. The van der Waals surface area contributed by atoms with Crippen molar-refractivity contribution < 1.29 is 9.63 Å². The van der Waals surface area contributed by atoms with Gasteiger partial charge in [0.25, 0.3) is 0 Å². The molecule has 0 bridgehead atoms. The van der Waals surface area contributed by atoms with Gasteiger partial charge in [0.1, 0.15) is 0 Å². The van der Waals surface area contributed by atoms with E-state index in [9.17, 15) is 4.79 Å². The molecule has 0 spiro atoms. The Balaban J connectivity index is 1.84. The van der Waals surface area contributed by atoms with Crippen molar-refractivity contribution in [3.05, 3.63) is 30.5 Å². The molecule has 0 radical (unpaired) electrons. The first-order valence-electron chi connectivity index (χ1n) is 6.76. The lowest BCUT2D eigenvalue weighted by atomic mass is 10.1. The molecule has 0 aromatic carbocycles. The number of rotatable bonds is 3. The highest BCUT2D eigenvalue weighted by Gasteiger charge is 2.17. The topological polar surface area (TPSA) is 108 Å². The molecule has 1 fully saturated rings. The standard InChI is InChI=1S/C13H16N6O2/c14-21-13(20)12-7-16-6-11(18-12)9-5-17-19(8-9)10-1-3-15-4-2-10/h5-8,10,15H,1-4,14H2. The van der Waals surface area contributed by atoms with Gasteiger partial charge in [0.05, 0.1) is 30.3 Å². The van der Waals surface area contributed by atoms with Crippen LogP contribution in [-0.4, -0.2) is 38.8 Å². The van der Waals surface area contributed by atoms with Gasteiger partial charge in [-0.15, -0.1) is 0 Å². The second-order valence-corrected chi connectivity index (χ2v) is 4.89. The average Bonchev–Trinajstić information content (AvgIpc) is 3.05. The van der Waals surface area contributed by atoms with Gasteiger partial charge >= 0.3 is 5.97 Å². The quantitative estimate of drug-likeness (QED) is 0.782. The Hall–Kier alpha value is -2.32. The van der Waals surface area contributed by atoms with E-state index in [-0.39, 0.29) is 5.69 Å². The summed E-state index contributed by atoms with van der Waals surface area (Å²) in [6.45, 7) is 2.00. The first kappa shape index (κ1) is 13.7. The summed E-state index contributed by atoms with van der Waals surface area (Å²) in [5.74, 6) is 4.14. The van der Waals surface area contributed by atoms with E-state index in [2.05, 4.69) is 25.2 Å². The van der Waals surface area contributed by atoms with Crippen LogP contribution < -0.4 is 11.2 Å². The second kappa shape index (κ2) is 5.98. The molecule has 3 heterocycles. The van der Waals surface area contributed by atoms with Crippen molar-refractivity contribution in [1.29, 1.82) is 0 Å². The van der Waals surface area contributed by atoms with Crippen LogP contribution in [0.5, 0.6) is 0 Å². The van der Waals surface area contributed by atoms with Gasteiger partial charge in [0, 0.05) is 11.8 Å². The number of carbonyl (C=O) groups excluding carboxylic acids is 1. The fourth-order valence-corrected chi connectivity index (χ4v) is 2.41. The van der Waals surface area contributed by atoms with Crippen molar-refractivity contribution in [3.8, 4) is 11.3 Å². The predicted molar refractivity (Wildman–Crippen MR) is 74.0 cm³/mol. The highest BCUT2D eigenvalue weighted by molar-refractivity contribution is 5.87. The second-order valence-electron chi connectivity index (χ2n) is 4.89. The summed E-state index contributed by atoms with van der Waals surface area (Å²) >= 11 is 0. The van der Waals surface area contributed by atoms with Gasteiger partial charge in [-0.3, -0.25) is 9.67 Å². The number of hydrogen-bond donors (Lipinski definition) is 2. The Kier molecular flexibility index (Phi) is 3.89. The summed E-state index contributed by atoms with van der Waals surface area (Å²) in [6, 6.07) is 0.394. The van der Waals surface area contributed by atoms with Crippen molar-refractivity contribution in [2.24, 2.45) is 5.90 Å². The molecule has 3 rings (SSSR count).